The number of amides is 3. The molecule has 1 spiro atoms. The first kappa shape index (κ1) is 25.4. The molecule has 192 valence electrons. The lowest BCUT2D eigenvalue weighted by Crippen LogP contribution is -2.56. The predicted molar refractivity (Wildman–Crippen MR) is 130 cm³/mol. The van der Waals surface area contributed by atoms with Crippen molar-refractivity contribution in [2.45, 2.75) is 76.7 Å². The smallest absolute Gasteiger partial charge is 0.246 e. The molecule has 3 amide bonds. The molecule has 0 radical (unpaired) electrons. The fourth-order valence-electron chi connectivity index (χ4n) is 6.15. The number of carbonyl (C=O) groups excluding carboxylic acids is 3. The Hall–Kier alpha value is -2.65. The van der Waals surface area contributed by atoms with Gasteiger partial charge in [0.2, 0.25) is 17.7 Å². The number of aliphatic hydroxyl groups is 1. The van der Waals surface area contributed by atoms with E-state index in [2.05, 4.69) is 10.6 Å². The van der Waals surface area contributed by atoms with Gasteiger partial charge < -0.3 is 30.1 Å². The zero-order valence-corrected chi connectivity index (χ0v) is 21.0. The number of hydrogen-bond donors (Lipinski definition) is 3. The van der Waals surface area contributed by atoms with Crippen molar-refractivity contribution in [3.05, 3.63) is 24.3 Å². The van der Waals surface area contributed by atoms with E-state index in [1.54, 1.807) is 29.2 Å². The molecule has 5 atom stereocenters. The molecule has 35 heavy (non-hydrogen) atoms. The van der Waals surface area contributed by atoms with Crippen molar-refractivity contribution in [2.24, 2.45) is 11.8 Å². The monoisotopic (exact) mass is 487 g/mol. The molecule has 9 nitrogen and oxygen atoms in total. The molecule has 0 saturated carbocycles. The number of anilines is 1. The number of aliphatic hydroxyl groups excluding tert-OH is 1. The highest BCUT2D eigenvalue weighted by atomic mass is 16.5. The van der Waals surface area contributed by atoms with Crippen molar-refractivity contribution in [1.29, 1.82) is 0 Å². The predicted octanol–water partition coefficient (Wildman–Crippen LogP) is 2.09. The third-order valence-electron chi connectivity index (χ3n) is 7.48. The van der Waals surface area contributed by atoms with Crippen LogP contribution in [0.3, 0.4) is 0 Å². The molecule has 3 fully saturated rings. The van der Waals surface area contributed by atoms with Gasteiger partial charge >= 0.3 is 0 Å². The van der Waals surface area contributed by atoms with E-state index in [9.17, 15) is 19.5 Å². The van der Waals surface area contributed by atoms with Gasteiger partial charge in [-0.25, -0.2) is 0 Å². The van der Waals surface area contributed by atoms with Crippen LogP contribution in [-0.2, 0) is 19.1 Å². The van der Waals surface area contributed by atoms with E-state index < -0.39 is 29.1 Å². The maximum Gasteiger partial charge on any atom is 0.246 e. The van der Waals surface area contributed by atoms with Crippen molar-refractivity contribution in [1.82, 2.24) is 10.2 Å². The summed E-state index contributed by atoms with van der Waals surface area (Å²) in [5.41, 5.74) is -1.26. The van der Waals surface area contributed by atoms with Crippen LogP contribution in [0.25, 0.3) is 0 Å². The van der Waals surface area contributed by atoms with Gasteiger partial charge in [-0.2, -0.15) is 0 Å². The second-order valence-corrected chi connectivity index (χ2v) is 10.3. The minimum absolute atomic E-state index is 0.0150. The number of unbranched alkanes of at least 4 members (excludes halogenated alkanes) is 1. The van der Waals surface area contributed by atoms with Crippen LogP contribution in [0.1, 0.15) is 53.4 Å². The molecular formula is C26H37N3O6. The molecular weight excluding hydrogens is 450 g/mol. The summed E-state index contributed by atoms with van der Waals surface area (Å²) in [4.78, 5) is 42.4. The molecule has 3 aliphatic rings. The average molecular weight is 488 g/mol. The van der Waals surface area contributed by atoms with Gasteiger partial charge in [-0.3, -0.25) is 14.4 Å². The summed E-state index contributed by atoms with van der Waals surface area (Å²) < 4.78 is 12.0. The van der Waals surface area contributed by atoms with Crippen molar-refractivity contribution in [2.75, 3.05) is 25.1 Å². The van der Waals surface area contributed by atoms with Gasteiger partial charge in [0, 0.05) is 24.9 Å². The molecule has 0 aromatic heterocycles. The Morgan fingerprint density at radius 3 is 2.54 bits per heavy atom. The summed E-state index contributed by atoms with van der Waals surface area (Å²) in [5, 5.41) is 15.1. The zero-order valence-electron chi connectivity index (χ0n) is 21.0. The number of hydrogen-bond acceptors (Lipinski definition) is 6. The Labute approximate surface area is 206 Å². The van der Waals surface area contributed by atoms with E-state index >= 15 is 0 Å². The summed E-state index contributed by atoms with van der Waals surface area (Å²) in [6.07, 6.45) is 2.23. The highest BCUT2D eigenvalue weighted by Crippen LogP contribution is 2.63. The van der Waals surface area contributed by atoms with Crippen LogP contribution in [0.15, 0.2) is 24.3 Å². The number of benzene rings is 1. The van der Waals surface area contributed by atoms with E-state index in [1.165, 1.54) is 0 Å². The molecule has 2 unspecified atom stereocenters. The lowest BCUT2D eigenvalue weighted by atomic mass is 9.66. The summed E-state index contributed by atoms with van der Waals surface area (Å²) in [7, 11) is 0. The molecule has 4 rings (SSSR count). The Kier molecular flexibility index (Phi) is 7.11. The van der Waals surface area contributed by atoms with Gasteiger partial charge in [0.05, 0.1) is 24.0 Å². The second kappa shape index (κ2) is 9.78. The highest BCUT2D eigenvalue weighted by molar-refractivity contribution is 6.02. The fraction of sp³-hybridized carbons (Fsp3) is 0.654. The van der Waals surface area contributed by atoms with E-state index in [4.69, 9.17) is 9.47 Å². The number of fused-ring (bicyclic) bond motifs is 1. The molecule has 3 saturated heterocycles. The summed E-state index contributed by atoms with van der Waals surface area (Å²) in [6, 6.07) is 6.22. The first-order chi connectivity index (χ1) is 16.7. The van der Waals surface area contributed by atoms with E-state index in [-0.39, 0.29) is 30.4 Å². The number of likely N-dealkylation sites (tertiary alicyclic amines) is 1. The first-order valence-corrected chi connectivity index (χ1v) is 12.6. The molecule has 2 bridgehead atoms. The summed E-state index contributed by atoms with van der Waals surface area (Å²) >= 11 is 0. The summed E-state index contributed by atoms with van der Waals surface area (Å²) in [6.45, 7) is 8.44. The van der Waals surface area contributed by atoms with Gasteiger partial charge in [0.1, 0.15) is 17.4 Å². The molecule has 3 aliphatic heterocycles. The van der Waals surface area contributed by atoms with Gasteiger partial charge in [0.15, 0.2) is 0 Å². The molecule has 9 heteroatoms. The number of nitrogens with one attached hydrogen (secondary N) is 2. The SMILES string of the molecule is CCOc1ccc(NC(=O)[C@@H]2[C@H]3C(=O)N(CCCCO)C(C(=O)NC(C)C)C34CC[C@@]2(C)O4)cc1. The second-order valence-electron chi connectivity index (χ2n) is 10.3. The Morgan fingerprint density at radius 1 is 1.20 bits per heavy atom. The third kappa shape index (κ3) is 4.40. The van der Waals surface area contributed by atoms with Crippen molar-refractivity contribution in [3.63, 3.8) is 0 Å². The lowest BCUT2D eigenvalue weighted by molar-refractivity contribution is -0.145. The van der Waals surface area contributed by atoms with Crippen LogP contribution >= 0.6 is 0 Å². The van der Waals surface area contributed by atoms with Crippen LogP contribution in [0.4, 0.5) is 5.69 Å². The van der Waals surface area contributed by atoms with Gasteiger partial charge in [-0.15, -0.1) is 0 Å². The topological polar surface area (TPSA) is 117 Å². The van der Waals surface area contributed by atoms with Crippen LogP contribution in [-0.4, -0.2) is 70.8 Å². The van der Waals surface area contributed by atoms with Gasteiger partial charge in [-0.05, 0) is 77.6 Å². The molecule has 0 aliphatic carbocycles. The Bertz CT molecular complexity index is 966. The van der Waals surface area contributed by atoms with Crippen LogP contribution < -0.4 is 15.4 Å². The third-order valence-corrected chi connectivity index (χ3v) is 7.48. The zero-order chi connectivity index (χ0) is 25.4. The number of nitrogens with zero attached hydrogens (tertiary/aromatic N) is 1. The maximum absolute atomic E-state index is 13.8. The fourth-order valence-corrected chi connectivity index (χ4v) is 6.15. The van der Waals surface area contributed by atoms with Crippen LogP contribution in [0, 0.1) is 11.8 Å². The average Bonchev–Trinajstić information content (AvgIpc) is 3.36. The molecule has 3 N–H and O–H groups in total. The van der Waals surface area contributed by atoms with Crippen molar-refractivity contribution >= 4 is 23.4 Å². The molecule has 1 aromatic rings. The lowest BCUT2D eigenvalue weighted by Gasteiger charge is -2.34. The standard InChI is InChI=1S/C26H37N3O6/c1-5-34-18-10-8-17(9-11-18)28-22(31)19-20-24(33)29(14-6-7-15-30)21(23(32)27-16(2)3)26(20)13-12-25(19,4)35-26/h8-11,16,19-21,30H,5-7,12-15H2,1-4H3,(H,27,32)(H,28,31)/t19-,20-,21?,25+,26?/m0/s1. The Balaban J connectivity index is 1.63. The quantitative estimate of drug-likeness (QED) is 0.435. The molecule has 3 heterocycles. The van der Waals surface area contributed by atoms with Gasteiger partial charge in [0.25, 0.3) is 0 Å². The van der Waals surface area contributed by atoms with E-state index in [0.29, 0.717) is 50.3 Å². The Morgan fingerprint density at radius 2 is 1.91 bits per heavy atom. The van der Waals surface area contributed by atoms with Gasteiger partial charge in [-0.1, -0.05) is 0 Å². The van der Waals surface area contributed by atoms with E-state index in [0.717, 1.165) is 0 Å². The minimum Gasteiger partial charge on any atom is -0.494 e. The normalized spacial score (nSPS) is 31.1. The van der Waals surface area contributed by atoms with Crippen LogP contribution in [0.5, 0.6) is 5.75 Å². The molecule has 1 aromatic carbocycles. The highest BCUT2D eigenvalue weighted by Gasteiger charge is 2.77. The number of carbonyl (C=O) groups is 3. The number of ether oxygens (including phenoxy) is 2. The van der Waals surface area contributed by atoms with Crippen molar-refractivity contribution < 1.29 is 29.0 Å². The maximum atomic E-state index is 13.8. The largest absolute Gasteiger partial charge is 0.494 e. The van der Waals surface area contributed by atoms with E-state index in [1.807, 2.05) is 27.7 Å². The first-order valence-electron chi connectivity index (χ1n) is 12.6. The van der Waals surface area contributed by atoms with Crippen LogP contribution in [0.2, 0.25) is 0 Å². The summed E-state index contributed by atoms with van der Waals surface area (Å²) in [5.74, 6) is -1.49. The minimum atomic E-state index is -1.04. The van der Waals surface area contributed by atoms with Crippen molar-refractivity contribution in [3.8, 4) is 5.75 Å². The number of rotatable bonds is 10.